The molecule has 3 saturated heterocycles. The highest BCUT2D eigenvalue weighted by molar-refractivity contribution is 6.32. The lowest BCUT2D eigenvalue weighted by Crippen LogP contribution is -2.65. The van der Waals surface area contributed by atoms with E-state index < -0.39 is 322 Å². The standard InChI is InChI=1S/C95H109Cl2N9O34/c1-4-6-8-10-12-13-15-66(114)101-75-81(120)79(118)65(39-131-67(115)16-14-11-9-7-5-2)138-94(75)140-85-61-32-46-33-62(85)134-58-24-20-44(30-53(58)97)84(139-93-74(99-40(3)109)80(119)77(116)63(37-107)136-93)76-91(128)105-73(92(129)130)51-35-48(111)36-60(135-95-83(122)82(121)78(117)64(38-108)137-95)68(51)50-29-43(19-21-55(50)112)70(88(125)106-76)103-90(127)72(46)104-89(126)71-45-27-47(110)34-49(28-45)132-59-31-42(18-22-56(59)113)69(98)87(124)100-54(86(123)102-71)26-41-17-23-57(133-61)52(96)25-41/h17-25,27-36,54,63-65,69-84,93-95,107-108,110-113,116-122H,4-16,26,37-39,98H2,1-3H3,(H,99,109)(H,100,124)(H,101,114)(H,102,123)(H,103,127)(H,104,126)(H,105,128)(H,106,125)(H,129,130)/t54-,63?,64?,65?,69-,70-,71+,72-,73+,74+,75?,76+,77-,78-,79-,80?,81-,82-,83?,84-,93+,94+,95+/m1/s1. The molecule has 752 valence electrons. The third kappa shape index (κ3) is 23.5. The molecule has 43 nitrogen and oxygen atoms in total. The average molecular weight is 1990 g/mol. The molecular weight excluding hydrogens is 1880 g/mol. The van der Waals surface area contributed by atoms with Gasteiger partial charge in [0.15, 0.2) is 35.3 Å². The van der Waals surface area contributed by atoms with Crippen molar-refractivity contribution in [3.63, 3.8) is 0 Å². The van der Waals surface area contributed by atoms with Crippen LogP contribution in [0.15, 0.2) is 115 Å². The number of esters is 1. The number of fused-ring (bicyclic) bond motifs is 14. The molecule has 45 heteroatoms. The maximum atomic E-state index is 17.2. The largest absolute Gasteiger partial charge is 0.508 e. The van der Waals surface area contributed by atoms with Crippen molar-refractivity contribution in [3.05, 3.63) is 164 Å². The van der Waals surface area contributed by atoms with Crippen LogP contribution < -0.4 is 72.0 Å². The van der Waals surface area contributed by atoms with Gasteiger partial charge in [0.05, 0.1) is 23.3 Å². The van der Waals surface area contributed by atoms with Crippen LogP contribution in [0.2, 0.25) is 10.0 Å². The second kappa shape index (κ2) is 45.4. The number of nitrogens with two attached hydrogens (primary N) is 1. The van der Waals surface area contributed by atoms with Crippen molar-refractivity contribution < 1.29 is 167 Å². The summed E-state index contributed by atoms with van der Waals surface area (Å²) in [5.41, 5.74) is 2.78. The Morgan fingerprint density at radius 3 is 1.67 bits per heavy atom. The van der Waals surface area contributed by atoms with Crippen molar-refractivity contribution in [3.8, 4) is 80.1 Å². The number of aromatic hydroxyl groups is 4. The smallest absolute Gasteiger partial charge is 0.330 e. The molecule has 0 aromatic heterocycles. The number of phenols is 4. The number of amides is 8. The second-order valence-corrected chi connectivity index (χ2v) is 35.8. The third-order valence-corrected chi connectivity index (χ3v) is 25.5. The van der Waals surface area contributed by atoms with Crippen molar-refractivity contribution >= 4 is 82.4 Å². The Morgan fingerprint density at radius 1 is 0.479 bits per heavy atom. The number of halogens is 2. The molecule has 6 unspecified atom stereocenters. The second-order valence-electron chi connectivity index (χ2n) is 35.0. The SMILES string of the molecule is CCCCCCCCC(=O)NC1[C@H](Oc2c3cc4cc2Oc2ccc(cc2Cl)[C@@H](O[C@@H]2OC(CO)[C@@H](O)C(O)[C@@H]2NC(C)=O)[C@@H]2NC(=O)[C@H](NC(=O)[C@@H]4NC(=O)[C@H]4NC(=O)[C@@H](Cc5ccc(c(Cl)c5)O3)NC(=O)[C@H](N)c3ccc(O)c(c3)Oc3cc(O)cc4c3)c3ccc(O)c(c3)-c3c(O[C@H]4OC(CO)[C@@H](O)[C@@H](O)C4O)cc(O)cc3[C@@H](C(=O)O)NC2=O)OC(COC(=O)CCCCCCC)[C@@H](O)[C@@H]1O. The van der Waals surface area contributed by atoms with E-state index in [-0.39, 0.29) is 46.2 Å². The number of carbonyl (C=O) groups excluding carboxylic acids is 9. The van der Waals surface area contributed by atoms with Crippen LogP contribution in [-0.2, 0) is 78.1 Å². The van der Waals surface area contributed by atoms with Crippen LogP contribution in [0.25, 0.3) is 11.1 Å². The van der Waals surface area contributed by atoms with Gasteiger partial charge in [-0.15, -0.1) is 0 Å². The molecule has 0 spiro atoms. The van der Waals surface area contributed by atoms with E-state index in [1.165, 1.54) is 30.3 Å². The first-order valence-electron chi connectivity index (χ1n) is 45.5. The Morgan fingerprint density at radius 2 is 1.03 bits per heavy atom. The molecule has 3 fully saturated rings. The fraction of sp³-hybridized carbons (Fsp3) is 0.453. The minimum atomic E-state index is -2.60. The summed E-state index contributed by atoms with van der Waals surface area (Å²) in [5, 5.41) is 181. The number of aliphatic carboxylic acids is 1. The fourth-order valence-electron chi connectivity index (χ4n) is 17.5. The highest BCUT2D eigenvalue weighted by Gasteiger charge is 2.53. The Hall–Kier alpha value is -12.5. The number of rotatable bonds is 26. The summed E-state index contributed by atoms with van der Waals surface area (Å²) < 4.78 is 64.0. The number of carboxylic acid groups (broad SMARTS) is 1. The Labute approximate surface area is 808 Å². The summed E-state index contributed by atoms with van der Waals surface area (Å²) in [6.45, 7) is 2.12. The zero-order valence-electron chi connectivity index (χ0n) is 75.5. The summed E-state index contributed by atoms with van der Waals surface area (Å²) in [5.74, 6) is -20.4. The molecule has 0 radical (unpaired) electrons. The van der Waals surface area contributed by atoms with Gasteiger partial charge in [-0.3, -0.25) is 43.2 Å². The Kier molecular flexibility index (Phi) is 33.5. The number of aliphatic hydroxyl groups excluding tert-OH is 9. The predicted octanol–water partition coefficient (Wildman–Crippen LogP) is 3.68. The predicted molar refractivity (Wildman–Crippen MR) is 486 cm³/mol. The number of carboxylic acids is 1. The van der Waals surface area contributed by atoms with Gasteiger partial charge in [-0.2, -0.15) is 0 Å². The molecule has 9 heterocycles. The molecule has 9 aliphatic rings. The molecule has 24 N–H and O–H groups in total. The van der Waals surface area contributed by atoms with Gasteiger partial charge in [-0.1, -0.05) is 119 Å². The maximum Gasteiger partial charge on any atom is 0.330 e. The van der Waals surface area contributed by atoms with Crippen molar-refractivity contribution in [1.29, 1.82) is 0 Å². The summed E-state index contributed by atoms with van der Waals surface area (Å²) in [6.07, 6.45) is -21.6. The summed E-state index contributed by atoms with van der Waals surface area (Å²) in [6, 6.07) is 0.589. The number of benzene rings is 7. The van der Waals surface area contributed by atoms with Gasteiger partial charge in [0.25, 0.3) is 0 Å². The van der Waals surface area contributed by atoms with E-state index in [1.54, 1.807) is 0 Å². The van der Waals surface area contributed by atoms with Crippen LogP contribution in [0.1, 0.15) is 179 Å². The number of carbonyl (C=O) groups is 10. The number of nitrogens with one attached hydrogen (secondary N) is 8. The zero-order valence-corrected chi connectivity index (χ0v) is 77.0. The minimum Gasteiger partial charge on any atom is -0.508 e. The van der Waals surface area contributed by atoms with E-state index in [9.17, 15) is 95.5 Å². The van der Waals surface area contributed by atoms with E-state index in [1.807, 2.05) is 13.8 Å². The van der Waals surface area contributed by atoms with E-state index in [2.05, 4.69) is 42.5 Å². The van der Waals surface area contributed by atoms with Gasteiger partial charge in [0, 0.05) is 55.0 Å². The molecule has 0 saturated carbocycles. The number of phenolic OH excluding ortho intramolecular Hbond substituents is 4. The molecule has 0 aliphatic carbocycles. The lowest BCUT2D eigenvalue weighted by Gasteiger charge is -2.44. The van der Waals surface area contributed by atoms with Crippen LogP contribution in [0, 0.1) is 0 Å². The van der Waals surface area contributed by atoms with E-state index in [0.717, 1.165) is 137 Å². The van der Waals surface area contributed by atoms with Crippen LogP contribution in [0.5, 0.6) is 69.0 Å². The maximum absolute atomic E-state index is 17.2. The molecule has 17 bridgehead atoms. The van der Waals surface area contributed by atoms with Gasteiger partial charge >= 0.3 is 11.9 Å². The fourth-order valence-corrected chi connectivity index (χ4v) is 17.9. The Bertz CT molecular complexity index is 5780. The van der Waals surface area contributed by atoms with E-state index in [4.69, 9.17) is 76.3 Å². The number of unbranched alkanes of at least 4 members (excludes halogenated alkanes) is 9. The number of ether oxygens (including phenoxy) is 10. The van der Waals surface area contributed by atoms with E-state index >= 15 is 24.0 Å². The normalized spacial score (nSPS) is 27.8. The molecule has 140 heavy (non-hydrogen) atoms. The lowest BCUT2D eigenvalue weighted by atomic mass is 9.89. The van der Waals surface area contributed by atoms with Crippen molar-refractivity contribution in [2.24, 2.45) is 5.73 Å². The summed E-state index contributed by atoms with van der Waals surface area (Å²) in [4.78, 5) is 153. The quantitative estimate of drug-likeness (QED) is 0.0271. The van der Waals surface area contributed by atoms with Crippen LogP contribution >= 0.6 is 23.2 Å². The van der Waals surface area contributed by atoms with Crippen LogP contribution in [0.4, 0.5) is 0 Å². The number of hydrogen-bond donors (Lipinski definition) is 23. The van der Waals surface area contributed by atoms with Gasteiger partial charge in [0.2, 0.25) is 65.6 Å². The van der Waals surface area contributed by atoms with Crippen molar-refractivity contribution in [2.75, 3.05) is 19.8 Å². The van der Waals surface area contributed by atoms with Gasteiger partial charge in [-0.25, -0.2) is 4.79 Å². The molecule has 8 amide bonds. The van der Waals surface area contributed by atoms with Gasteiger partial charge in [-0.05, 0) is 125 Å². The van der Waals surface area contributed by atoms with Gasteiger partial charge in [0.1, 0.15) is 162 Å². The highest BCUT2D eigenvalue weighted by Crippen LogP contribution is 2.51. The summed E-state index contributed by atoms with van der Waals surface area (Å²) >= 11 is 14.9. The average Bonchev–Trinajstić information content (AvgIpc) is 0.770. The molecular formula is C95H109Cl2N9O34. The molecule has 23 atom stereocenters. The van der Waals surface area contributed by atoms with Crippen molar-refractivity contribution in [1.82, 2.24) is 42.5 Å². The molecule has 16 rings (SSSR count). The molecule has 7 aromatic rings. The van der Waals surface area contributed by atoms with Crippen LogP contribution in [0.3, 0.4) is 0 Å². The first-order chi connectivity index (χ1) is 66.9. The highest BCUT2D eigenvalue weighted by atomic mass is 35.5. The zero-order chi connectivity index (χ0) is 101. The first kappa shape index (κ1) is 103. The van der Waals surface area contributed by atoms with E-state index in [0.29, 0.717) is 25.7 Å². The lowest BCUT2D eigenvalue weighted by molar-refractivity contribution is -0.284. The topological polar surface area (TPSA) is 668 Å². The molecule has 7 aromatic carbocycles. The molecule has 9 aliphatic heterocycles. The minimum absolute atomic E-state index is 0.0232. The monoisotopic (exact) mass is 1990 g/mol. The summed E-state index contributed by atoms with van der Waals surface area (Å²) in [7, 11) is 0. The van der Waals surface area contributed by atoms with Gasteiger partial charge < -0.3 is 167 Å². The van der Waals surface area contributed by atoms with Crippen molar-refractivity contribution in [2.45, 2.75) is 251 Å². The van der Waals surface area contributed by atoms with Crippen LogP contribution in [-0.4, -0.2) is 255 Å². The number of hydrogen-bond acceptors (Lipinski definition) is 34. The number of aliphatic hydroxyl groups is 9. The Balaban J connectivity index is 1.04. The third-order valence-electron chi connectivity index (χ3n) is 24.9. The first-order valence-corrected chi connectivity index (χ1v) is 46.3.